The molecule has 0 atom stereocenters. The minimum Gasteiger partial charge on any atom is -0.381 e. The van der Waals surface area contributed by atoms with Gasteiger partial charge in [-0.15, -0.1) is 11.3 Å². The number of nitrogens with one attached hydrogen (secondary N) is 1. The molecule has 3 rings (SSSR count). The molecule has 5 heteroatoms. The number of nitrogens with zero attached hydrogens (tertiary/aromatic N) is 2. The van der Waals surface area contributed by atoms with Crippen molar-refractivity contribution in [2.24, 2.45) is 5.92 Å². The zero-order valence-corrected chi connectivity index (χ0v) is 13.3. The minimum atomic E-state index is 0.736. The lowest BCUT2D eigenvalue weighted by molar-refractivity contribution is 0.0685. The average molecular weight is 295 g/mol. The van der Waals surface area contributed by atoms with Crippen LogP contribution in [-0.4, -0.2) is 38.8 Å². The molecule has 112 valence electrons. The van der Waals surface area contributed by atoms with Crippen LogP contribution < -0.4 is 10.2 Å². The molecule has 4 nitrogen and oxygen atoms in total. The number of thiazole rings is 1. The van der Waals surface area contributed by atoms with Gasteiger partial charge in [-0.1, -0.05) is 0 Å². The van der Waals surface area contributed by atoms with Gasteiger partial charge in [0.2, 0.25) is 0 Å². The Morgan fingerprint density at radius 1 is 1.30 bits per heavy atom. The third-order valence-electron chi connectivity index (χ3n) is 4.22. The highest BCUT2D eigenvalue weighted by molar-refractivity contribution is 7.15. The summed E-state index contributed by atoms with van der Waals surface area (Å²) in [5.74, 6) is 1.50. The third-order valence-corrected chi connectivity index (χ3v) is 5.40. The second-order valence-electron chi connectivity index (χ2n) is 6.05. The van der Waals surface area contributed by atoms with E-state index in [1.165, 1.54) is 41.4 Å². The lowest BCUT2D eigenvalue weighted by atomic mass is 10.0. The molecule has 1 saturated heterocycles. The SMILES string of the molecule is CNCc1sc(N(C)CC2CCOCC2)nc1C1CC1. The maximum Gasteiger partial charge on any atom is 0.185 e. The van der Waals surface area contributed by atoms with E-state index >= 15 is 0 Å². The zero-order valence-electron chi connectivity index (χ0n) is 12.5. The van der Waals surface area contributed by atoms with E-state index < -0.39 is 0 Å². The van der Waals surface area contributed by atoms with E-state index in [2.05, 4.69) is 17.3 Å². The molecule has 2 aliphatic rings. The first-order chi connectivity index (χ1) is 9.78. The molecule has 1 aromatic rings. The van der Waals surface area contributed by atoms with Gasteiger partial charge in [0.15, 0.2) is 5.13 Å². The standard InChI is InChI=1S/C15H25N3OS/c1-16-9-13-14(12-3-4-12)17-15(20-13)18(2)10-11-5-7-19-8-6-11/h11-12,16H,3-10H2,1-2H3. The number of aromatic nitrogens is 1. The fourth-order valence-electron chi connectivity index (χ4n) is 2.87. The summed E-state index contributed by atoms with van der Waals surface area (Å²) in [6.45, 7) is 3.91. The maximum absolute atomic E-state index is 5.44. The topological polar surface area (TPSA) is 37.4 Å². The van der Waals surface area contributed by atoms with Crippen molar-refractivity contribution in [1.29, 1.82) is 0 Å². The van der Waals surface area contributed by atoms with E-state index in [-0.39, 0.29) is 0 Å². The molecule has 1 N–H and O–H groups in total. The second kappa shape index (κ2) is 6.41. The fraction of sp³-hybridized carbons (Fsp3) is 0.800. The molecule has 1 aliphatic carbocycles. The number of hydrogen-bond acceptors (Lipinski definition) is 5. The van der Waals surface area contributed by atoms with Crippen LogP contribution in [0.3, 0.4) is 0 Å². The Balaban J connectivity index is 1.67. The van der Waals surface area contributed by atoms with Crippen LogP contribution in [-0.2, 0) is 11.3 Å². The summed E-state index contributed by atoms with van der Waals surface area (Å²) >= 11 is 1.87. The predicted molar refractivity (Wildman–Crippen MR) is 83.7 cm³/mol. The number of ether oxygens (including phenoxy) is 1. The molecule has 1 saturated carbocycles. The van der Waals surface area contributed by atoms with Crippen LogP contribution in [0.4, 0.5) is 5.13 Å². The molecular weight excluding hydrogens is 270 g/mol. The monoisotopic (exact) mass is 295 g/mol. The minimum absolute atomic E-state index is 0.736. The molecule has 0 aromatic carbocycles. The molecule has 0 radical (unpaired) electrons. The lowest BCUT2D eigenvalue weighted by Gasteiger charge is -2.26. The van der Waals surface area contributed by atoms with E-state index in [4.69, 9.17) is 9.72 Å². The third kappa shape index (κ3) is 3.32. The largest absolute Gasteiger partial charge is 0.381 e. The van der Waals surface area contributed by atoms with Crippen LogP contribution in [0.25, 0.3) is 0 Å². The zero-order chi connectivity index (χ0) is 13.9. The van der Waals surface area contributed by atoms with Gasteiger partial charge in [0.1, 0.15) is 0 Å². The van der Waals surface area contributed by atoms with Crippen LogP contribution in [0.2, 0.25) is 0 Å². The van der Waals surface area contributed by atoms with Crippen molar-refractivity contribution in [3.8, 4) is 0 Å². The van der Waals surface area contributed by atoms with E-state index in [0.29, 0.717) is 0 Å². The quantitative estimate of drug-likeness (QED) is 0.875. The van der Waals surface area contributed by atoms with Gasteiger partial charge in [-0.3, -0.25) is 0 Å². The molecule has 20 heavy (non-hydrogen) atoms. The Morgan fingerprint density at radius 3 is 2.70 bits per heavy atom. The first-order valence-electron chi connectivity index (χ1n) is 7.71. The van der Waals surface area contributed by atoms with Gasteiger partial charge in [0.25, 0.3) is 0 Å². The van der Waals surface area contributed by atoms with E-state index in [1.807, 2.05) is 18.4 Å². The van der Waals surface area contributed by atoms with Gasteiger partial charge in [-0.2, -0.15) is 0 Å². The lowest BCUT2D eigenvalue weighted by Crippen LogP contribution is -2.29. The Morgan fingerprint density at radius 2 is 2.05 bits per heavy atom. The van der Waals surface area contributed by atoms with Crippen LogP contribution in [0.5, 0.6) is 0 Å². The molecule has 0 bridgehead atoms. The summed E-state index contributed by atoms with van der Waals surface area (Å²) in [7, 11) is 4.20. The van der Waals surface area contributed by atoms with E-state index in [1.54, 1.807) is 0 Å². The predicted octanol–water partition coefficient (Wildman–Crippen LogP) is 2.60. The van der Waals surface area contributed by atoms with Crippen LogP contribution in [0.1, 0.15) is 42.2 Å². The highest BCUT2D eigenvalue weighted by atomic mass is 32.1. The molecule has 2 heterocycles. The van der Waals surface area contributed by atoms with Gasteiger partial charge < -0.3 is 15.0 Å². The summed E-state index contributed by atoms with van der Waals surface area (Å²) in [6.07, 6.45) is 5.02. The van der Waals surface area contributed by atoms with Crippen LogP contribution in [0, 0.1) is 5.92 Å². The Labute approximate surface area is 125 Å². The summed E-state index contributed by atoms with van der Waals surface area (Å²) in [4.78, 5) is 8.72. The van der Waals surface area contributed by atoms with Crippen molar-refractivity contribution in [2.45, 2.75) is 38.1 Å². The van der Waals surface area contributed by atoms with Crippen molar-refractivity contribution >= 4 is 16.5 Å². The van der Waals surface area contributed by atoms with Gasteiger partial charge in [0.05, 0.1) is 5.69 Å². The Kier molecular flexibility index (Phi) is 4.58. The van der Waals surface area contributed by atoms with Crippen molar-refractivity contribution in [3.63, 3.8) is 0 Å². The van der Waals surface area contributed by atoms with Gasteiger partial charge in [0, 0.05) is 44.1 Å². The van der Waals surface area contributed by atoms with Crippen LogP contribution in [0.15, 0.2) is 0 Å². The van der Waals surface area contributed by atoms with Gasteiger partial charge >= 0.3 is 0 Å². The fourth-order valence-corrected chi connectivity index (χ4v) is 4.00. The number of anilines is 1. The summed E-state index contributed by atoms with van der Waals surface area (Å²) in [6, 6.07) is 0. The molecule has 2 fully saturated rings. The van der Waals surface area contributed by atoms with E-state index in [0.717, 1.165) is 38.1 Å². The molecule has 0 unspecified atom stereocenters. The first-order valence-corrected chi connectivity index (χ1v) is 8.52. The van der Waals surface area contributed by atoms with Crippen molar-refractivity contribution < 1.29 is 4.74 Å². The van der Waals surface area contributed by atoms with Crippen molar-refractivity contribution in [2.75, 3.05) is 38.8 Å². The molecule has 1 aromatic heterocycles. The van der Waals surface area contributed by atoms with E-state index in [9.17, 15) is 0 Å². The first kappa shape index (κ1) is 14.3. The summed E-state index contributed by atoms with van der Waals surface area (Å²) in [5.41, 5.74) is 1.36. The van der Waals surface area contributed by atoms with Crippen molar-refractivity contribution in [1.82, 2.24) is 10.3 Å². The second-order valence-corrected chi connectivity index (χ2v) is 7.11. The van der Waals surface area contributed by atoms with Gasteiger partial charge in [-0.25, -0.2) is 4.98 Å². The highest BCUT2D eigenvalue weighted by Gasteiger charge is 2.30. The normalized spacial score (nSPS) is 20.3. The van der Waals surface area contributed by atoms with Crippen molar-refractivity contribution in [3.05, 3.63) is 10.6 Å². The van der Waals surface area contributed by atoms with Crippen LogP contribution >= 0.6 is 11.3 Å². The highest BCUT2D eigenvalue weighted by Crippen LogP contribution is 2.44. The molecule has 0 amide bonds. The molecule has 0 spiro atoms. The smallest absolute Gasteiger partial charge is 0.185 e. The molecular formula is C15H25N3OS. The van der Waals surface area contributed by atoms with Gasteiger partial charge in [-0.05, 0) is 38.6 Å². The summed E-state index contributed by atoms with van der Waals surface area (Å²) < 4.78 is 5.44. The Hall–Kier alpha value is -0.650. The Bertz CT molecular complexity index is 438. The number of hydrogen-bond donors (Lipinski definition) is 1. The number of rotatable bonds is 6. The average Bonchev–Trinajstić information content (AvgIpc) is 3.21. The maximum atomic E-state index is 5.44. The summed E-state index contributed by atoms with van der Waals surface area (Å²) in [5, 5.41) is 4.47. The molecule has 1 aliphatic heterocycles.